The number of alkyl halides is 2. The zero-order chi connectivity index (χ0) is 14.8. The van der Waals surface area contributed by atoms with Crippen molar-refractivity contribution < 1.29 is 13.6 Å². The fraction of sp³-hybridized carbons (Fsp3) is 0.538. The van der Waals surface area contributed by atoms with Gasteiger partial charge < -0.3 is 10.6 Å². The number of halogens is 2. The maximum absolute atomic E-state index is 12.3. The molecule has 0 unspecified atom stereocenters. The second-order valence-corrected chi connectivity index (χ2v) is 5.49. The van der Waals surface area contributed by atoms with E-state index >= 15 is 0 Å². The Labute approximate surface area is 111 Å². The van der Waals surface area contributed by atoms with Crippen LogP contribution in [0.2, 0.25) is 0 Å². The summed E-state index contributed by atoms with van der Waals surface area (Å²) in [5.74, 6) is -0.277. The lowest BCUT2D eigenvalue weighted by molar-refractivity contribution is 0.0620. The third kappa shape index (κ3) is 4.15. The number of nitrogen functional groups attached to an aromatic ring is 1. The van der Waals surface area contributed by atoms with Crippen LogP contribution in [-0.2, 0) is 5.41 Å². The zero-order valence-electron chi connectivity index (χ0n) is 11.6. The van der Waals surface area contributed by atoms with Gasteiger partial charge in [-0.25, -0.2) is 13.8 Å². The number of hydrogen-bond acceptors (Lipinski definition) is 3. The molecule has 106 valence electrons. The van der Waals surface area contributed by atoms with Crippen molar-refractivity contribution in [2.45, 2.75) is 32.6 Å². The molecule has 0 aliphatic heterocycles. The van der Waals surface area contributed by atoms with E-state index in [0.717, 1.165) is 4.90 Å². The van der Waals surface area contributed by atoms with E-state index in [2.05, 4.69) is 4.98 Å². The van der Waals surface area contributed by atoms with E-state index in [4.69, 9.17) is 5.73 Å². The van der Waals surface area contributed by atoms with Gasteiger partial charge in [-0.15, -0.1) is 0 Å². The van der Waals surface area contributed by atoms with Gasteiger partial charge in [0.25, 0.3) is 12.3 Å². The molecule has 0 spiro atoms. The van der Waals surface area contributed by atoms with E-state index in [1.807, 2.05) is 20.8 Å². The Morgan fingerprint density at radius 2 is 2.00 bits per heavy atom. The first-order valence-electron chi connectivity index (χ1n) is 5.93. The van der Waals surface area contributed by atoms with Crippen molar-refractivity contribution in [3.63, 3.8) is 0 Å². The maximum Gasteiger partial charge on any atom is 0.255 e. The van der Waals surface area contributed by atoms with Gasteiger partial charge in [0, 0.05) is 23.7 Å². The SMILES string of the molecule is CN(CC(F)F)C(=O)c1cc(N)nc(C(C)(C)C)c1. The summed E-state index contributed by atoms with van der Waals surface area (Å²) < 4.78 is 24.6. The highest BCUT2D eigenvalue weighted by Gasteiger charge is 2.21. The molecule has 0 bridgehead atoms. The lowest BCUT2D eigenvalue weighted by atomic mass is 9.90. The second kappa shape index (κ2) is 5.50. The number of pyridine rings is 1. The van der Waals surface area contributed by atoms with E-state index in [1.165, 1.54) is 13.1 Å². The molecule has 19 heavy (non-hydrogen) atoms. The van der Waals surface area contributed by atoms with Gasteiger partial charge >= 0.3 is 0 Å². The van der Waals surface area contributed by atoms with Gasteiger partial charge in [-0.2, -0.15) is 0 Å². The van der Waals surface area contributed by atoms with Crippen LogP contribution in [0, 0.1) is 0 Å². The van der Waals surface area contributed by atoms with Crippen molar-refractivity contribution in [2.24, 2.45) is 0 Å². The molecular formula is C13H19F2N3O. The van der Waals surface area contributed by atoms with Gasteiger partial charge in [-0.3, -0.25) is 4.79 Å². The topological polar surface area (TPSA) is 59.2 Å². The number of nitrogens with zero attached hydrogens (tertiary/aromatic N) is 2. The Kier molecular flexibility index (Phi) is 4.44. The first-order valence-corrected chi connectivity index (χ1v) is 5.93. The first kappa shape index (κ1) is 15.3. The van der Waals surface area contributed by atoms with Crippen LogP contribution >= 0.6 is 0 Å². The molecule has 1 aromatic rings. The van der Waals surface area contributed by atoms with Gasteiger partial charge in [0.1, 0.15) is 5.82 Å². The smallest absolute Gasteiger partial charge is 0.255 e. The number of anilines is 1. The highest BCUT2D eigenvalue weighted by Crippen LogP contribution is 2.23. The molecule has 2 N–H and O–H groups in total. The standard InChI is InChI=1S/C13H19F2N3O/c1-13(2,3)9-5-8(6-11(16)17-9)12(19)18(4)7-10(14)15/h5-6,10H,7H2,1-4H3,(H2,16,17). The Hall–Kier alpha value is -1.72. The fourth-order valence-corrected chi connectivity index (χ4v) is 1.57. The van der Waals surface area contributed by atoms with Crippen molar-refractivity contribution in [3.05, 3.63) is 23.4 Å². The maximum atomic E-state index is 12.3. The van der Waals surface area contributed by atoms with Crippen molar-refractivity contribution in [1.29, 1.82) is 0 Å². The number of amides is 1. The molecular weight excluding hydrogens is 252 g/mol. The summed E-state index contributed by atoms with van der Waals surface area (Å²) in [5, 5.41) is 0. The molecule has 0 radical (unpaired) electrons. The second-order valence-electron chi connectivity index (χ2n) is 5.49. The van der Waals surface area contributed by atoms with Gasteiger partial charge in [0.2, 0.25) is 0 Å². The highest BCUT2D eigenvalue weighted by molar-refractivity contribution is 5.94. The lowest BCUT2D eigenvalue weighted by Gasteiger charge is -2.21. The number of carbonyl (C=O) groups excluding carboxylic acids is 1. The quantitative estimate of drug-likeness (QED) is 0.917. The van der Waals surface area contributed by atoms with E-state index in [-0.39, 0.29) is 16.8 Å². The van der Waals surface area contributed by atoms with Crippen LogP contribution in [0.3, 0.4) is 0 Å². The average Bonchev–Trinajstić information content (AvgIpc) is 2.25. The molecule has 0 saturated carbocycles. The van der Waals surface area contributed by atoms with Crippen LogP contribution in [0.15, 0.2) is 12.1 Å². The molecule has 0 aromatic carbocycles. The molecule has 0 aliphatic carbocycles. The van der Waals surface area contributed by atoms with Crippen LogP contribution in [0.5, 0.6) is 0 Å². The molecule has 1 rings (SSSR count). The molecule has 1 amide bonds. The lowest BCUT2D eigenvalue weighted by Crippen LogP contribution is -2.31. The summed E-state index contributed by atoms with van der Waals surface area (Å²) in [6.45, 7) is 5.20. The van der Waals surface area contributed by atoms with Crippen LogP contribution in [0.1, 0.15) is 36.8 Å². The Bertz CT molecular complexity index is 469. The normalized spacial score (nSPS) is 11.7. The molecule has 0 saturated heterocycles. The zero-order valence-corrected chi connectivity index (χ0v) is 11.6. The highest BCUT2D eigenvalue weighted by atomic mass is 19.3. The monoisotopic (exact) mass is 271 g/mol. The summed E-state index contributed by atoms with van der Waals surface area (Å²) in [5.41, 5.74) is 6.33. The number of carbonyl (C=O) groups is 1. The van der Waals surface area contributed by atoms with Crippen LogP contribution < -0.4 is 5.73 Å². The van der Waals surface area contributed by atoms with Crippen LogP contribution in [0.25, 0.3) is 0 Å². The predicted octanol–water partition coefficient (Wildman–Crippen LogP) is 2.30. The Morgan fingerprint density at radius 1 is 1.42 bits per heavy atom. The summed E-state index contributed by atoms with van der Waals surface area (Å²) >= 11 is 0. The minimum Gasteiger partial charge on any atom is -0.384 e. The largest absolute Gasteiger partial charge is 0.384 e. The molecule has 0 aliphatic rings. The summed E-state index contributed by atoms with van der Waals surface area (Å²) in [6.07, 6.45) is -2.56. The number of aromatic nitrogens is 1. The summed E-state index contributed by atoms with van der Waals surface area (Å²) in [7, 11) is 1.34. The average molecular weight is 271 g/mol. The first-order chi connectivity index (χ1) is 8.61. The van der Waals surface area contributed by atoms with Crippen LogP contribution in [0.4, 0.5) is 14.6 Å². The van der Waals surface area contributed by atoms with E-state index in [0.29, 0.717) is 5.69 Å². The van der Waals surface area contributed by atoms with Gasteiger partial charge in [0.05, 0.1) is 6.54 Å². The van der Waals surface area contributed by atoms with Crippen molar-refractivity contribution in [2.75, 3.05) is 19.3 Å². The van der Waals surface area contributed by atoms with E-state index < -0.39 is 18.9 Å². The Morgan fingerprint density at radius 3 is 2.47 bits per heavy atom. The van der Waals surface area contributed by atoms with Crippen molar-refractivity contribution >= 4 is 11.7 Å². The minimum atomic E-state index is -2.56. The third-order valence-corrected chi connectivity index (χ3v) is 2.62. The van der Waals surface area contributed by atoms with Gasteiger partial charge in [-0.05, 0) is 12.1 Å². The van der Waals surface area contributed by atoms with Gasteiger partial charge in [-0.1, -0.05) is 20.8 Å². The summed E-state index contributed by atoms with van der Waals surface area (Å²) in [6, 6.07) is 3.00. The molecule has 0 atom stereocenters. The number of hydrogen-bond donors (Lipinski definition) is 1. The number of rotatable bonds is 3. The number of nitrogens with two attached hydrogens (primary N) is 1. The fourth-order valence-electron chi connectivity index (χ4n) is 1.57. The molecule has 6 heteroatoms. The van der Waals surface area contributed by atoms with E-state index in [1.54, 1.807) is 6.07 Å². The van der Waals surface area contributed by atoms with Crippen LogP contribution in [-0.4, -0.2) is 35.8 Å². The molecule has 1 aromatic heterocycles. The predicted molar refractivity (Wildman–Crippen MR) is 70.3 cm³/mol. The molecule has 4 nitrogen and oxygen atoms in total. The van der Waals surface area contributed by atoms with Crippen molar-refractivity contribution in [3.8, 4) is 0 Å². The van der Waals surface area contributed by atoms with Crippen molar-refractivity contribution in [1.82, 2.24) is 9.88 Å². The third-order valence-electron chi connectivity index (χ3n) is 2.62. The summed E-state index contributed by atoms with van der Waals surface area (Å²) in [4.78, 5) is 17.2. The van der Waals surface area contributed by atoms with Gasteiger partial charge in [0.15, 0.2) is 0 Å². The van der Waals surface area contributed by atoms with E-state index in [9.17, 15) is 13.6 Å². The molecule has 0 fully saturated rings. The Balaban J connectivity index is 3.07. The minimum absolute atomic E-state index is 0.209. The molecule has 1 heterocycles.